The third-order valence-corrected chi connectivity index (χ3v) is 22.6. The number of phenolic OH excluding ortho intramolecular Hbond substituents is 3. The summed E-state index contributed by atoms with van der Waals surface area (Å²) in [6, 6.07) is 11.5. The van der Waals surface area contributed by atoms with Crippen molar-refractivity contribution in [2.24, 2.45) is 17.4 Å². The molecule has 0 radical (unpaired) electrons. The molecule has 5 aromatic carbocycles. The monoisotopic (exact) mass is 1860 g/mol. The van der Waals surface area contributed by atoms with E-state index in [0.717, 1.165) is 78.5 Å². The number of rotatable bonds is 28. The van der Waals surface area contributed by atoms with Gasteiger partial charge in [0, 0.05) is 65.1 Å². The number of likely N-dealkylation sites (N-methyl/N-ethyl adjacent to an activating group) is 1. The molecule has 123 heavy (non-hydrogen) atoms. The standard InChI is InChI=1S/C84H100Cl2IN13O23/c1-39(2)26-52(90-5)76(112)98-67-69(107)42-17-20-56(50(85)28-42)119-58-30-44-31-59(73(58)123-83-74(72(110)71(109)60(38-101)121-83)122-62(106)35-84(4,89)75(111)40(3)87)120-57-21-18-43(29-51(57)86)70(108)68-82(118)97-66(78(114)93-24-10-6-7-13-25-100(36-45-14-8-11-22-91-45)37-46-15-9-12-23-92-46)49-32-47(102)33-55(104)63(49)48-27-41(16-19-54(48)103)64(79(115)99-68)96-80(116)65(44)95-77(113)53(34-61(88)105)94-81(67)117/h8-9,11-12,14-23,27-33,39-40,52-53,60,62,64-72,74-75,83,90,101-104,106-111H,6-7,10,13,24-26,34-38,89H2,1-5H3,(H2,88,105)(H,93,114)(H,94,117)(H,95,113)(H,96,116)(H,97,118)(H,98,112)(H,99,115)/t40?,52-,53+,60-,62+,64-,65-,66+,67-,68+,69-,70-,71+,72?,74?,75-,83-,84-/m1/s1. The number of carbonyl (C=O) groups excluding carboxylic acids is 8. The molecular weight excluding hydrogens is 1760 g/mol. The van der Waals surface area contributed by atoms with Crippen LogP contribution in [0.2, 0.25) is 10.0 Å². The summed E-state index contributed by atoms with van der Waals surface area (Å²) < 4.78 is 31.7. The Hall–Kier alpha value is -10.2. The Labute approximate surface area is 730 Å². The highest BCUT2D eigenvalue weighted by molar-refractivity contribution is 14.1. The highest BCUT2D eigenvalue weighted by Crippen LogP contribution is 2.50. The van der Waals surface area contributed by atoms with E-state index in [4.69, 9.17) is 58.4 Å². The summed E-state index contributed by atoms with van der Waals surface area (Å²) in [6.45, 7) is 7.45. The van der Waals surface area contributed by atoms with Gasteiger partial charge in [0.25, 0.3) is 0 Å². The maximum Gasteiger partial charge on any atom is 0.248 e. The van der Waals surface area contributed by atoms with E-state index in [9.17, 15) is 60.7 Å². The Morgan fingerprint density at radius 1 is 0.683 bits per heavy atom. The Bertz CT molecular complexity index is 4930. The van der Waals surface area contributed by atoms with E-state index in [1.807, 2.05) is 72.8 Å². The van der Waals surface area contributed by atoms with Crippen LogP contribution in [0.15, 0.2) is 128 Å². The molecule has 8 amide bonds. The molecule has 1 fully saturated rings. The average molecular weight is 1860 g/mol. The lowest BCUT2D eigenvalue weighted by Crippen LogP contribution is -2.62. The number of fused-ring (bicyclic) bond motifs is 15. The van der Waals surface area contributed by atoms with Gasteiger partial charge >= 0.3 is 0 Å². The van der Waals surface area contributed by atoms with Crippen molar-refractivity contribution in [1.29, 1.82) is 0 Å². The zero-order valence-electron chi connectivity index (χ0n) is 67.4. The fraction of sp³-hybridized carbons (Fsp3) is 0.429. The second-order valence-electron chi connectivity index (χ2n) is 31.3. The fourth-order valence-corrected chi connectivity index (χ4v) is 16.2. The van der Waals surface area contributed by atoms with Gasteiger partial charge in [0.1, 0.15) is 95.5 Å². The highest BCUT2D eigenvalue weighted by Gasteiger charge is 2.50. The lowest BCUT2D eigenvalue weighted by atomic mass is 9.89. The number of ether oxygens (including phenoxy) is 5. The number of aliphatic hydroxyl groups is 7. The smallest absolute Gasteiger partial charge is 0.248 e. The number of aromatic nitrogens is 2. The van der Waals surface area contributed by atoms with Gasteiger partial charge < -0.3 is 129 Å². The number of primary amides is 1. The Morgan fingerprint density at radius 3 is 1.87 bits per heavy atom. The first kappa shape index (κ1) is 93.5. The molecule has 660 valence electrons. The van der Waals surface area contributed by atoms with E-state index < -0.39 is 230 Å². The molecule has 3 unspecified atom stereocenters. The van der Waals surface area contributed by atoms with Crippen molar-refractivity contribution in [3.05, 3.63) is 177 Å². The topological polar surface area (TPSA) is 562 Å². The van der Waals surface area contributed by atoms with E-state index in [1.54, 1.807) is 19.3 Å². The molecule has 36 nitrogen and oxygen atoms in total. The minimum atomic E-state index is -2.37. The molecule has 1 saturated heterocycles. The number of nitrogens with one attached hydrogen (secondary N) is 8. The van der Waals surface area contributed by atoms with Gasteiger partial charge in [-0.15, -0.1) is 0 Å². The number of phenols is 3. The maximum atomic E-state index is 16.3. The first-order valence-electron chi connectivity index (χ1n) is 39.7. The summed E-state index contributed by atoms with van der Waals surface area (Å²) in [5.74, 6) is -14.9. The van der Waals surface area contributed by atoms with E-state index in [0.29, 0.717) is 38.9 Å². The molecule has 18 atom stereocenters. The third-order valence-electron chi connectivity index (χ3n) is 21.3. The van der Waals surface area contributed by atoms with Crippen LogP contribution in [0.1, 0.15) is 142 Å². The van der Waals surface area contributed by atoms with Crippen LogP contribution in [0.4, 0.5) is 0 Å². The van der Waals surface area contributed by atoms with Gasteiger partial charge in [-0.2, -0.15) is 0 Å². The lowest BCUT2D eigenvalue weighted by molar-refractivity contribution is -0.313. The van der Waals surface area contributed by atoms with E-state index in [-0.39, 0.29) is 57.5 Å². The molecule has 39 heteroatoms. The predicted molar refractivity (Wildman–Crippen MR) is 451 cm³/mol. The lowest BCUT2D eigenvalue weighted by Gasteiger charge is -2.43. The van der Waals surface area contributed by atoms with Gasteiger partial charge in [-0.25, -0.2) is 0 Å². The molecule has 8 heterocycles. The minimum Gasteiger partial charge on any atom is -0.508 e. The van der Waals surface area contributed by atoms with Gasteiger partial charge in [0.15, 0.2) is 23.9 Å². The van der Waals surface area contributed by atoms with Gasteiger partial charge in [-0.1, -0.05) is 110 Å². The summed E-state index contributed by atoms with van der Waals surface area (Å²) in [5.41, 5.74) is 10.1. The highest BCUT2D eigenvalue weighted by atomic mass is 127. The second kappa shape index (κ2) is 41.5. The van der Waals surface area contributed by atoms with Crippen LogP contribution in [0.3, 0.4) is 0 Å². The van der Waals surface area contributed by atoms with Crippen LogP contribution >= 0.6 is 45.8 Å². The normalized spacial score (nSPS) is 23.8. The number of benzene rings is 5. The van der Waals surface area contributed by atoms with Crippen molar-refractivity contribution >= 4 is 93.1 Å². The van der Waals surface area contributed by atoms with Crippen LogP contribution in [0.25, 0.3) is 11.1 Å². The quantitative estimate of drug-likeness (QED) is 0.0144. The van der Waals surface area contributed by atoms with Crippen molar-refractivity contribution in [2.45, 2.75) is 193 Å². The third kappa shape index (κ3) is 23.0. The summed E-state index contributed by atoms with van der Waals surface area (Å²) >= 11 is 16.3. The molecule has 7 aromatic rings. The number of aliphatic hydroxyl groups excluding tert-OH is 7. The molecule has 6 aliphatic heterocycles. The van der Waals surface area contributed by atoms with Crippen molar-refractivity contribution < 1.29 is 113 Å². The average Bonchev–Trinajstić information content (AvgIpc) is 0.764. The number of aromatic hydroxyl groups is 3. The van der Waals surface area contributed by atoms with Crippen molar-refractivity contribution in [2.75, 3.05) is 26.7 Å². The molecule has 22 N–H and O–H groups in total. The van der Waals surface area contributed by atoms with Crippen molar-refractivity contribution in [3.8, 4) is 57.1 Å². The molecule has 0 saturated carbocycles. The Kier molecular flexibility index (Phi) is 31.6. The summed E-state index contributed by atoms with van der Waals surface area (Å²) in [6.07, 6.45) is -13.2. The van der Waals surface area contributed by atoms with Gasteiger partial charge in [-0.3, -0.25) is 53.2 Å². The molecule has 11 bridgehead atoms. The zero-order chi connectivity index (χ0) is 89.0. The molecule has 6 aliphatic rings. The summed E-state index contributed by atoms with van der Waals surface area (Å²) in [5, 5.41) is 138. The van der Waals surface area contributed by atoms with Gasteiger partial charge in [0.2, 0.25) is 59.3 Å². The predicted octanol–water partition coefficient (Wildman–Crippen LogP) is 3.59. The number of alkyl halides is 1. The molecule has 0 aliphatic carbocycles. The Balaban J connectivity index is 1.05. The fourth-order valence-electron chi connectivity index (χ4n) is 14.9. The number of hydrogen-bond acceptors (Lipinski definition) is 28. The molecular formula is C84H100Cl2IN13O23. The van der Waals surface area contributed by atoms with E-state index in [2.05, 4.69) is 57.4 Å². The van der Waals surface area contributed by atoms with E-state index >= 15 is 28.8 Å². The van der Waals surface area contributed by atoms with Crippen molar-refractivity contribution in [1.82, 2.24) is 57.4 Å². The SMILES string of the molecule is CN[C@H](CC(C)C)C(=O)N[C@H]1C(=O)N[C@@H](CC(N)=O)C(=O)N[C@H]2C(=O)N[C@H]3C(=O)N[C@H](C(=O)N[C@H](C(=O)NCCCCCCN(Cc4ccccn4)Cc4ccccn4)c4cc(O)cc(O)c4-c4cc3ccc4O)[C@H](O)c3ccc(c(Cl)c3)Oc3cc2cc(c3O[C@H]2O[C@H](CO)[C@H](O)C(O)C2O[C@H](O)C[C@@](C)(N)[C@H](O)C(C)I)Oc2ccc(cc2Cl)[C@H]1O. The largest absolute Gasteiger partial charge is 0.508 e. The van der Waals surface area contributed by atoms with Crippen LogP contribution in [0, 0.1) is 5.92 Å². The van der Waals surface area contributed by atoms with E-state index in [1.165, 1.54) is 32.2 Å². The first-order chi connectivity index (χ1) is 58.5. The van der Waals surface area contributed by atoms with Gasteiger partial charge in [0.05, 0.1) is 46.6 Å². The summed E-state index contributed by atoms with van der Waals surface area (Å²) in [4.78, 5) is 132. The minimum absolute atomic E-state index is 0.00456. The summed E-state index contributed by atoms with van der Waals surface area (Å²) in [7, 11) is 1.48. The number of unbranched alkanes of at least 4 members (excludes halogenated alkanes) is 3. The maximum absolute atomic E-state index is 16.3. The number of nitrogens with two attached hydrogens (primary N) is 2. The first-order valence-corrected chi connectivity index (χ1v) is 41.7. The van der Waals surface area contributed by atoms with Crippen molar-refractivity contribution in [3.63, 3.8) is 0 Å². The number of hydrogen-bond donors (Lipinski definition) is 20. The molecule has 2 aromatic heterocycles. The number of carbonyl (C=O) groups is 8. The number of amides is 8. The van der Waals surface area contributed by atoms with Gasteiger partial charge in [-0.05, 0) is 152 Å². The van der Waals surface area contributed by atoms with Crippen LogP contribution in [0.5, 0.6) is 46.0 Å². The molecule has 0 spiro atoms. The second-order valence-corrected chi connectivity index (χ2v) is 34.1. The zero-order valence-corrected chi connectivity index (χ0v) is 71.1. The Morgan fingerprint density at radius 2 is 1.28 bits per heavy atom. The van der Waals surface area contributed by atoms with Crippen LogP contribution < -0.4 is 68.2 Å². The number of halogens is 3. The van der Waals surface area contributed by atoms with Crippen LogP contribution in [-0.4, -0.2) is 217 Å². The van der Waals surface area contributed by atoms with Crippen LogP contribution in [-0.2, 0) is 60.9 Å². The number of nitrogens with zero attached hydrogens (tertiary/aromatic N) is 3. The number of pyridine rings is 2. The molecule has 13 rings (SSSR count).